The van der Waals surface area contributed by atoms with Crippen molar-refractivity contribution < 1.29 is 9.53 Å². The Morgan fingerprint density at radius 1 is 1.41 bits per heavy atom. The van der Waals surface area contributed by atoms with Crippen LogP contribution in [-0.2, 0) is 23.0 Å². The van der Waals surface area contributed by atoms with Crippen LogP contribution in [0.3, 0.4) is 0 Å². The van der Waals surface area contributed by atoms with Crippen LogP contribution >= 0.6 is 0 Å². The molecule has 1 heterocycles. The summed E-state index contributed by atoms with van der Waals surface area (Å²) in [4.78, 5) is 11.8. The summed E-state index contributed by atoms with van der Waals surface area (Å²) in [5.41, 5.74) is 3.66. The molecule has 1 aliphatic rings. The third kappa shape index (κ3) is 1.32. The Hall–Kier alpha value is -1.77. The Kier molecular flexibility index (Phi) is 2.21. The molecule has 88 valence electrons. The standard InChI is InChI=1S/C14H15NO2/c1-15-11-6-4-3-5-9(11)13-10(14(16)17-2)7-8-12(13)15/h3-6,10H,7-8H2,1-2H3/t10-/m0/s1. The van der Waals surface area contributed by atoms with Crippen molar-refractivity contribution in [1.29, 1.82) is 0 Å². The van der Waals surface area contributed by atoms with Crippen LogP contribution in [0.1, 0.15) is 23.6 Å². The third-order valence-corrected chi connectivity index (χ3v) is 3.78. The minimum Gasteiger partial charge on any atom is -0.469 e. The second kappa shape index (κ2) is 3.62. The van der Waals surface area contributed by atoms with Gasteiger partial charge in [-0.1, -0.05) is 18.2 Å². The van der Waals surface area contributed by atoms with Crippen LogP contribution in [0.2, 0.25) is 0 Å². The minimum atomic E-state index is -0.111. The Labute approximate surface area is 100.0 Å². The number of hydrogen-bond acceptors (Lipinski definition) is 2. The molecule has 0 saturated carbocycles. The summed E-state index contributed by atoms with van der Waals surface area (Å²) in [5, 5.41) is 1.19. The summed E-state index contributed by atoms with van der Waals surface area (Å²) < 4.78 is 7.10. The predicted molar refractivity (Wildman–Crippen MR) is 66.0 cm³/mol. The van der Waals surface area contributed by atoms with Gasteiger partial charge in [-0.2, -0.15) is 0 Å². The molecule has 1 aromatic carbocycles. The highest BCUT2D eigenvalue weighted by Gasteiger charge is 2.33. The topological polar surface area (TPSA) is 31.2 Å². The van der Waals surface area contributed by atoms with Gasteiger partial charge in [0.2, 0.25) is 0 Å². The zero-order valence-corrected chi connectivity index (χ0v) is 10.1. The quantitative estimate of drug-likeness (QED) is 0.703. The van der Waals surface area contributed by atoms with Crippen molar-refractivity contribution in [2.75, 3.05) is 7.11 Å². The zero-order chi connectivity index (χ0) is 12.0. The average molecular weight is 229 g/mol. The molecule has 17 heavy (non-hydrogen) atoms. The number of aryl methyl sites for hydroxylation is 1. The van der Waals surface area contributed by atoms with Crippen molar-refractivity contribution in [2.45, 2.75) is 18.8 Å². The van der Waals surface area contributed by atoms with E-state index < -0.39 is 0 Å². The molecule has 3 rings (SSSR count). The van der Waals surface area contributed by atoms with E-state index in [4.69, 9.17) is 4.74 Å². The lowest BCUT2D eigenvalue weighted by Gasteiger charge is -2.07. The molecule has 0 N–H and O–H groups in total. The summed E-state index contributed by atoms with van der Waals surface area (Å²) in [6.07, 6.45) is 1.83. The fraction of sp³-hybridized carbons (Fsp3) is 0.357. The highest BCUT2D eigenvalue weighted by atomic mass is 16.5. The normalized spacial score (nSPS) is 18.4. The lowest BCUT2D eigenvalue weighted by Crippen LogP contribution is -2.11. The van der Waals surface area contributed by atoms with E-state index >= 15 is 0 Å². The molecule has 0 radical (unpaired) electrons. The number of fused-ring (bicyclic) bond motifs is 3. The summed E-state index contributed by atoms with van der Waals surface area (Å²) >= 11 is 0. The van der Waals surface area contributed by atoms with Gasteiger partial charge >= 0.3 is 5.97 Å². The second-order valence-corrected chi connectivity index (χ2v) is 4.55. The number of hydrogen-bond donors (Lipinski definition) is 0. The molecule has 0 bridgehead atoms. The van der Waals surface area contributed by atoms with Crippen LogP contribution in [0, 0.1) is 0 Å². The number of para-hydroxylation sites is 1. The Morgan fingerprint density at radius 2 is 2.18 bits per heavy atom. The number of carbonyl (C=O) groups is 1. The number of rotatable bonds is 1. The highest BCUT2D eigenvalue weighted by Crippen LogP contribution is 2.40. The van der Waals surface area contributed by atoms with Gasteiger partial charge in [0.25, 0.3) is 0 Å². The number of ether oxygens (including phenoxy) is 1. The van der Waals surface area contributed by atoms with Gasteiger partial charge in [-0.15, -0.1) is 0 Å². The maximum atomic E-state index is 11.8. The van der Waals surface area contributed by atoms with E-state index in [9.17, 15) is 4.79 Å². The van der Waals surface area contributed by atoms with Crippen molar-refractivity contribution in [1.82, 2.24) is 4.57 Å². The molecule has 3 nitrogen and oxygen atoms in total. The first-order chi connectivity index (χ1) is 8.24. The first-order valence-electron chi connectivity index (χ1n) is 5.88. The molecule has 0 spiro atoms. The smallest absolute Gasteiger partial charge is 0.313 e. The van der Waals surface area contributed by atoms with Gasteiger partial charge < -0.3 is 9.30 Å². The van der Waals surface area contributed by atoms with Crippen LogP contribution in [0.5, 0.6) is 0 Å². The number of aromatic nitrogens is 1. The summed E-state index contributed by atoms with van der Waals surface area (Å²) in [7, 11) is 3.53. The number of nitrogens with zero attached hydrogens (tertiary/aromatic N) is 1. The first kappa shape index (κ1) is 10.4. The number of benzene rings is 1. The third-order valence-electron chi connectivity index (χ3n) is 3.78. The van der Waals surface area contributed by atoms with E-state index in [1.807, 2.05) is 12.1 Å². The van der Waals surface area contributed by atoms with Crippen molar-refractivity contribution in [3.8, 4) is 0 Å². The first-order valence-corrected chi connectivity index (χ1v) is 5.88. The largest absolute Gasteiger partial charge is 0.469 e. The number of esters is 1. The minimum absolute atomic E-state index is 0.0823. The number of carbonyl (C=O) groups excluding carboxylic acids is 1. The fourth-order valence-electron chi connectivity index (χ4n) is 2.97. The Balaban J connectivity index is 2.26. The molecular formula is C14H15NO2. The molecule has 2 aromatic rings. The number of methoxy groups -OCH3 is 1. The Morgan fingerprint density at radius 3 is 2.94 bits per heavy atom. The van der Waals surface area contributed by atoms with Crippen LogP contribution < -0.4 is 0 Å². The van der Waals surface area contributed by atoms with Gasteiger partial charge in [0, 0.05) is 23.6 Å². The van der Waals surface area contributed by atoms with Crippen LogP contribution in [0.25, 0.3) is 10.9 Å². The van der Waals surface area contributed by atoms with Gasteiger partial charge in [0.1, 0.15) is 0 Å². The molecule has 0 fully saturated rings. The SMILES string of the molecule is COC(=O)[C@H]1CCc2c1c1ccccc1n2C. The van der Waals surface area contributed by atoms with Gasteiger partial charge in [-0.25, -0.2) is 0 Å². The second-order valence-electron chi connectivity index (χ2n) is 4.55. The van der Waals surface area contributed by atoms with Crippen molar-refractivity contribution >= 4 is 16.9 Å². The van der Waals surface area contributed by atoms with E-state index in [0.717, 1.165) is 12.8 Å². The van der Waals surface area contributed by atoms with Crippen LogP contribution in [0.4, 0.5) is 0 Å². The maximum Gasteiger partial charge on any atom is 0.313 e. The van der Waals surface area contributed by atoms with Gasteiger partial charge in [-0.05, 0) is 24.5 Å². The van der Waals surface area contributed by atoms with E-state index in [1.54, 1.807) is 0 Å². The summed E-state index contributed by atoms with van der Waals surface area (Å²) in [6.45, 7) is 0. The van der Waals surface area contributed by atoms with Gasteiger partial charge in [0.15, 0.2) is 0 Å². The molecule has 1 aromatic heterocycles. The lowest BCUT2D eigenvalue weighted by atomic mass is 10.0. The van der Waals surface area contributed by atoms with E-state index in [-0.39, 0.29) is 11.9 Å². The van der Waals surface area contributed by atoms with Crippen molar-refractivity contribution in [2.24, 2.45) is 7.05 Å². The summed E-state index contributed by atoms with van der Waals surface area (Å²) in [5.74, 6) is -0.193. The zero-order valence-electron chi connectivity index (χ0n) is 10.1. The van der Waals surface area contributed by atoms with E-state index in [1.165, 1.54) is 29.3 Å². The van der Waals surface area contributed by atoms with Crippen molar-refractivity contribution in [3.05, 3.63) is 35.5 Å². The lowest BCUT2D eigenvalue weighted by molar-refractivity contribution is -0.142. The van der Waals surface area contributed by atoms with Gasteiger partial charge in [-0.3, -0.25) is 4.79 Å². The molecule has 0 aliphatic heterocycles. The Bertz CT molecular complexity index is 598. The van der Waals surface area contributed by atoms with Crippen LogP contribution in [0.15, 0.2) is 24.3 Å². The molecule has 0 amide bonds. The fourth-order valence-corrected chi connectivity index (χ4v) is 2.97. The van der Waals surface area contributed by atoms with Crippen molar-refractivity contribution in [3.63, 3.8) is 0 Å². The van der Waals surface area contributed by atoms with Crippen LogP contribution in [-0.4, -0.2) is 17.6 Å². The van der Waals surface area contributed by atoms with E-state index in [2.05, 4.69) is 23.7 Å². The summed E-state index contributed by atoms with van der Waals surface area (Å²) in [6, 6.07) is 8.25. The molecule has 1 atom stereocenters. The molecule has 1 aliphatic carbocycles. The molecule has 0 saturated heterocycles. The van der Waals surface area contributed by atoms with E-state index in [0.29, 0.717) is 0 Å². The molecule has 3 heteroatoms. The van der Waals surface area contributed by atoms with Gasteiger partial charge in [0.05, 0.1) is 13.0 Å². The highest BCUT2D eigenvalue weighted by molar-refractivity contribution is 5.92. The average Bonchev–Trinajstić information content (AvgIpc) is 2.90. The molecular weight excluding hydrogens is 214 g/mol. The monoisotopic (exact) mass is 229 g/mol. The predicted octanol–water partition coefficient (Wildman–Crippen LogP) is 2.38. The maximum absolute atomic E-state index is 11.8. The molecule has 0 unspecified atom stereocenters.